The molecule has 3 aromatic carbocycles. The zero-order valence-electron chi connectivity index (χ0n) is 15.4. The van der Waals surface area contributed by atoms with Crippen LogP contribution in [0.2, 0.25) is 0 Å². The topological polar surface area (TPSA) is 39.1 Å². The maximum atomic E-state index is 5.44. The molecular formula is C23H23N3O. The molecule has 1 N–H and O–H groups in total. The molecule has 0 saturated carbocycles. The summed E-state index contributed by atoms with van der Waals surface area (Å²) in [5.41, 5.74) is 4.61. The van der Waals surface area contributed by atoms with Crippen molar-refractivity contribution in [3.8, 4) is 5.75 Å². The summed E-state index contributed by atoms with van der Waals surface area (Å²) >= 11 is 0. The van der Waals surface area contributed by atoms with Gasteiger partial charge < -0.3 is 14.6 Å². The van der Waals surface area contributed by atoms with Crippen molar-refractivity contribution in [3.63, 3.8) is 0 Å². The quantitative estimate of drug-likeness (QED) is 0.533. The number of methoxy groups -OCH3 is 1. The van der Waals surface area contributed by atoms with Crippen LogP contribution in [0.15, 0.2) is 78.9 Å². The molecule has 0 aliphatic carbocycles. The molecule has 0 amide bonds. The Kier molecular flexibility index (Phi) is 5.17. The van der Waals surface area contributed by atoms with Crippen molar-refractivity contribution in [2.45, 2.75) is 19.6 Å². The highest BCUT2D eigenvalue weighted by Gasteiger charge is 2.11. The Morgan fingerprint density at radius 1 is 0.852 bits per heavy atom. The number of imidazole rings is 1. The van der Waals surface area contributed by atoms with Crippen LogP contribution in [0.25, 0.3) is 11.0 Å². The maximum Gasteiger partial charge on any atom is 0.124 e. The zero-order valence-corrected chi connectivity index (χ0v) is 15.4. The summed E-state index contributed by atoms with van der Waals surface area (Å²) in [5.74, 6) is 1.94. The second kappa shape index (κ2) is 8.06. The third-order valence-electron chi connectivity index (χ3n) is 4.71. The lowest BCUT2D eigenvalue weighted by molar-refractivity contribution is 0.407. The molecule has 1 heterocycles. The molecule has 4 nitrogen and oxygen atoms in total. The molecule has 0 radical (unpaired) electrons. The summed E-state index contributed by atoms with van der Waals surface area (Å²) in [6, 6.07) is 26.9. The number of ether oxygens (including phenoxy) is 1. The number of benzene rings is 3. The molecule has 0 aliphatic rings. The normalized spacial score (nSPS) is 11.0. The van der Waals surface area contributed by atoms with E-state index in [2.05, 4.69) is 58.4 Å². The van der Waals surface area contributed by atoms with Crippen molar-refractivity contribution in [3.05, 3.63) is 95.8 Å². The summed E-state index contributed by atoms with van der Waals surface area (Å²) in [6.45, 7) is 2.24. The van der Waals surface area contributed by atoms with Gasteiger partial charge in [0.05, 0.1) is 24.7 Å². The fourth-order valence-electron chi connectivity index (χ4n) is 3.36. The highest BCUT2D eigenvalue weighted by molar-refractivity contribution is 5.76. The molecule has 1 aromatic heterocycles. The van der Waals surface area contributed by atoms with Crippen molar-refractivity contribution in [1.29, 1.82) is 0 Å². The van der Waals surface area contributed by atoms with Crippen molar-refractivity contribution < 1.29 is 4.74 Å². The first kappa shape index (κ1) is 17.3. The van der Waals surface area contributed by atoms with Gasteiger partial charge in [-0.15, -0.1) is 0 Å². The Labute approximate surface area is 159 Å². The van der Waals surface area contributed by atoms with Crippen LogP contribution in [0, 0.1) is 0 Å². The van der Waals surface area contributed by atoms with Crippen LogP contribution in [-0.4, -0.2) is 16.7 Å². The van der Waals surface area contributed by atoms with E-state index in [-0.39, 0.29) is 0 Å². The van der Waals surface area contributed by atoms with Crippen LogP contribution in [0.4, 0.5) is 0 Å². The minimum absolute atomic E-state index is 0.694. The minimum Gasteiger partial charge on any atom is -0.496 e. The third-order valence-corrected chi connectivity index (χ3v) is 4.71. The van der Waals surface area contributed by atoms with Gasteiger partial charge in [-0.05, 0) is 23.8 Å². The van der Waals surface area contributed by atoms with Gasteiger partial charge in [0, 0.05) is 18.7 Å². The summed E-state index contributed by atoms with van der Waals surface area (Å²) in [6.07, 6.45) is 0. The molecule has 0 fully saturated rings. The van der Waals surface area contributed by atoms with E-state index in [4.69, 9.17) is 9.72 Å². The van der Waals surface area contributed by atoms with Gasteiger partial charge in [-0.3, -0.25) is 0 Å². The van der Waals surface area contributed by atoms with Gasteiger partial charge in [-0.25, -0.2) is 4.98 Å². The summed E-state index contributed by atoms with van der Waals surface area (Å²) in [5, 5.41) is 3.52. The van der Waals surface area contributed by atoms with E-state index < -0.39 is 0 Å². The fraction of sp³-hybridized carbons (Fsp3) is 0.174. The number of hydrogen-bond donors (Lipinski definition) is 1. The van der Waals surface area contributed by atoms with Gasteiger partial charge in [0.2, 0.25) is 0 Å². The van der Waals surface area contributed by atoms with Crippen LogP contribution in [0.1, 0.15) is 17.0 Å². The predicted molar refractivity (Wildman–Crippen MR) is 109 cm³/mol. The molecule has 4 aromatic rings. The number of rotatable bonds is 7. The highest BCUT2D eigenvalue weighted by Crippen LogP contribution is 2.19. The first-order valence-electron chi connectivity index (χ1n) is 9.16. The minimum atomic E-state index is 0.694. The first-order chi connectivity index (χ1) is 13.3. The molecule has 0 bridgehead atoms. The Hall–Kier alpha value is -3.11. The summed E-state index contributed by atoms with van der Waals surface area (Å²) in [7, 11) is 1.71. The van der Waals surface area contributed by atoms with E-state index >= 15 is 0 Å². The van der Waals surface area contributed by atoms with Crippen LogP contribution >= 0.6 is 0 Å². The van der Waals surface area contributed by atoms with E-state index in [1.807, 2.05) is 30.3 Å². The Balaban J connectivity index is 1.56. The maximum absolute atomic E-state index is 5.44. The molecular weight excluding hydrogens is 334 g/mol. The van der Waals surface area contributed by atoms with Crippen LogP contribution < -0.4 is 10.1 Å². The van der Waals surface area contributed by atoms with Gasteiger partial charge in [0.25, 0.3) is 0 Å². The average Bonchev–Trinajstić information content (AvgIpc) is 3.06. The van der Waals surface area contributed by atoms with Crippen molar-refractivity contribution in [2.75, 3.05) is 7.11 Å². The lowest BCUT2D eigenvalue weighted by Crippen LogP contribution is -2.17. The Morgan fingerprint density at radius 2 is 1.59 bits per heavy atom. The number of aromatic nitrogens is 2. The lowest BCUT2D eigenvalue weighted by Gasteiger charge is -2.12. The second-order valence-electron chi connectivity index (χ2n) is 6.50. The molecule has 136 valence electrons. The van der Waals surface area contributed by atoms with Gasteiger partial charge >= 0.3 is 0 Å². The highest BCUT2D eigenvalue weighted by atomic mass is 16.5. The van der Waals surface area contributed by atoms with E-state index in [0.717, 1.165) is 41.3 Å². The number of hydrogen-bond acceptors (Lipinski definition) is 3. The lowest BCUT2D eigenvalue weighted by atomic mass is 10.2. The molecule has 0 unspecified atom stereocenters. The van der Waals surface area contributed by atoms with Crippen LogP contribution in [0.3, 0.4) is 0 Å². The van der Waals surface area contributed by atoms with Crippen molar-refractivity contribution in [2.24, 2.45) is 0 Å². The predicted octanol–water partition coefficient (Wildman–Crippen LogP) is 4.38. The third kappa shape index (κ3) is 3.86. The standard InChI is InChI=1S/C23H23N3O/c1-27-22-14-8-5-11-19(22)15-24-16-23-25-20-12-6-7-13-21(20)26(23)17-18-9-3-2-4-10-18/h2-14,24H,15-17H2,1H3. The Morgan fingerprint density at radius 3 is 2.44 bits per heavy atom. The molecule has 4 rings (SSSR count). The van der Waals surface area contributed by atoms with Gasteiger partial charge in [0.1, 0.15) is 11.6 Å². The molecule has 0 atom stereocenters. The molecule has 0 saturated heterocycles. The second-order valence-corrected chi connectivity index (χ2v) is 6.50. The van der Waals surface area contributed by atoms with Crippen molar-refractivity contribution >= 4 is 11.0 Å². The largest absolute Gasteiger partial charge is 0.496 e. The molecule has 0 spiro atoms. The number of nitrogens with one attached hydrogen (secondary N) is 1. The average molecular weight is 357 g/mol. The Bertz CT molecular complexity index is 1020. The number of para-hydroxylation sites is 3. The first-order valence-corrected chi connectivity index (χ1v) is 9.16. The van der Waals surface area contributed by atoms with E-state index in [1.54, 1.807) is 7.11 Å². The van der Waals surface area contributed by atoms with Crippen molar-refractivity contribution in [1.82, 2.24) is 14.9 Å². The molecule has 4 heteroatoms. The smallest absolute Gasteiger partial charge is 0.124 e. The number of fused-ring (bicyclic) bond motifs is 1. The van der Waals surface area contributed by atoms with E-state index in [0.29, 0.717) is 6.54 Å². The monoisotopic (exact) mass is 357 g/mol. The van der Waals surface area contributed by atoms with E-state index in [1.165, 1.54) is 5.56 Å². The number of nitrogens with zero attached hydrogens (tertiary/aromatic N) is 2. The van der Waals surface area contributed by atoms with Gasteiger partial charge in [0.15, 0.2) is 0 Å². The zero-order chi connectivity index (χ0) is 18.5. The summed E-state index contributed by atoms with van der Waals surface area (Å²) in [4.78, 5) is 4.85. The molecule has 27 heavy (non-hydrogen) atoms. The molecule has 0 aliphatic heterocycles. The van der Waals surface area contributed by atoms with Crippen LogP contribution in [-0.2, 0) is 19.6 Å². The summed E-state index contributed by atoms with van der Waals surface area (Å²) < 4.78 is 7.73. The SMILES string of the molecule is COc1ccccc1CNCc1nc2ccccc2n1Cc1ccccc1. The van der Waals surface area contributed by atoms with E-state index in [9.17, 15) is 0 Å². The van der Waals surface area contributed by atoms with Gasteiger partial charge in [-0.1, -0.05) is 60.7 Å². The van der Waals surface area contributed by atoms with Gasteiger partial charge in [-0.2, -0.15) is 0 Å². The van der Waals surface area contributed by atoms with Crippen LogP contribution in [0.5, 0.6) is 5.75 Å². The fourth-order valence-corrected chi connectivity index (χ4v) is 3.36.